The second-order valence-corrected chi connectivity index (χ2v) is 3.39. The molecule has 0 aliphatic heterocycles. The van der Waals surface area contributed by atoms with Crippen molar-refractivity contribution in [2.45, 2.75) is 32.7 Å². The number of ether oxygens (including phenoxy) is 1. The molecule has 0 bridgehead atoms. The average molecular weight is 450 g/mol. The molecule has 0 aromatic heterocycles. The van der Waals surface area contributed by atoms with E-state index < -0.39 is 23.4 Å². The van der Waals surface area contributed by atoms with Gasteiger partial charge in [0.25, 0.3) is 0 Å². The summed E-state index contributed by atoms with van der Waals surface area (Å²) in [4.78, 5) is 30.9. The summed E-state index contributed by atoms with van der Waals surface area (Å²) >= 11 is 0. The van der Waals surface area contributed by atoms with E-state index in [1.165, 1.54) is 0 Å². The summed E-state index contributed by atoms with van der Waals surface area (Å²) in [6.07, 6.45) is -0.334. The Hall–Kier alpha value is -1.55. The van der Waals surface area contributed by atoms with Crippen LogP contribution >= 0.6 is 0 Å². The molecule has 1 aromatic rings. The predicted octanol–water partition coefficient (Wildman–Crippen LogP) is 1.90. The number of benzene rings is 1. The van der Waals surface area contributed by atoms with Crippen molar-refractivity contribution < 1.29 is 40.3 Å². The van der Waals surface area contributed by atoms with Gasteiger partial charge in [-0.2, -0.15) is 0 Å². The van der Waals surface area contributed by atoms with Gasteiger partial charge in [0.1, 0.15) is 0 Å². The van der Waals surface area contributed by atoms with Crippen molar-refractivity contribution in [3.05, 3.63) is 46.0 Å². The number of esters is 1. The normalized spacial score (nSPS) is 10.1. The molecule has 0 N–H and O–H groups in total. The fourth-order valence-corrected chi connectivity index (χ4v) is 1.39. The molecule has 0 amide bonds. The molecule has 1 atom stereocenters. The smallest absolute Gasteiger partial charge is 0.212 e. The van der Waals surface area contributed by atoms with Gasteiger partial charge in [-0.3, -0.25) is 10.1 Å². The number of carbonyl (C=O) groups is 1. The Bertz CT molecular complexity index is 410. The van der Waals surface area contributed by atoms with Gasteiger partial charge in [-0.1, -0.05) is 44.2 Å². The third-order valence-corrected chi connectivity index (χ3v) is 2.17. The van der Waals surface area contributed by atoms with E-state index in [9.17, 15) is 19.7 Å². The van der Waals surface area contributed by atoms with Crippen LogP contribution in [0.5, 0.6) is 0 Å². The first-order chi connectivity index (χ1) is 9.13. The first kappa shape index (κ1) is 20.8. The Kier molecular flexibility index (Phi) is 13.0. The van der Waals surface area contributed by atoms with Crippen LogP contribution in [0.2, 0.25) is 0 Å². The molecule has 0 aliphatic carbocycles. The summed E-state index contributed by atoms with van der Waals surface area (Å²) in [5.74, 6) is -0.947. The molecular formula is C13H16NO5W-. The molecule has 110 valence electrons. The average Bonchev–Trinajstić information content (AvgIpc) is 2.41. The summed E-state index contributed by atoms with van der Waals surface area (Å²) in [5.41, 5.74) is 0.747. The molecule has 0 heterocycles. The summed E-state index contributed by atoms with van der Waals surface area (Å²) in [6.45, 7) is 4.95. The van der Waals surface area contributed by atoms with E-state index in [1.54, 1.807) is 30.3 Å². The SMILES string of the molecule is CC.O=[C-]OC(=O)CC(Cc1ccccc1)[N+](=O)[O-].[W]. The molecular weight excluding hydrogens is 434 g/mol. The fraction of sp³-hybridized carbons (Fsp3) is 0.385. The van der Waals surface area contributed by atoms with E-state index in [2.05, 4.69) is 4.74 Å². The molecule has 1 aromatic carbocycles. The second kappa shape index (κ2) is 12.5. The van der Waals surface area contributed by atoms with Crippen molar-refractivity contribution in [1.82, 2.24) is 0 Å². The zero-order valence-corrected chi connectivity index (χ0v) is 14.2. The van der Waals surface area contributed by atoms with Crippen LogP contribution in [0.3, 0.4) is 0 Å². The Balaban J connectivity index is 0. The van der Waals surface area contributed by atoms with Gasteiger partial charge in [-0.15, -0.1) is 0 Å². The van der Waals surface area contributed by atoms with Crippen LogP contribution < -0.4 is 0 Å². The van der Waals surface area contributed by atoms with Crippen LogP contribution in [0, 0.1) is 10.1 Å². The first-order valence-electron chi connectivity index (χ1n) is 5.87. The maximum atomic E-state index is 11.0. The molecule has 0 spiro atoms. The molecule has 0 fully saturated rings. The van der Waals surface area contributed by atoms with Gasteiger partial charge in [-0.25, -0.2) is 0 Å². The quantitative estimate of drug-likeness (QED) is 0.217. The fourth-order valence-electron chi connectivity index (χ4n) is 1.39. The molecule has 0 aliphatic rings. The number of nitro groups is 1. The Morgan fingerprint density at radius 1 is 1.35 bits per heavy atom. The van der Waals surface area contributed by atoms with Crippen LogP contribution in [0.1, 0.15) is 25.8 Å². The maximum Gasteiger partial charge on any atom is 0.212 e. The van der Waals surface area contributed by atoms with Crippen LogP contribution in [-0.2, 0) is 41.8 Å². The predicted molar refractivity (Wildman–Crippen MR) is 68.7 cm³/mol. The van der Waals surface area contributed by atoms with Crippen molar-refractivity contribution in [1.29, 1.82) is 0 Å². The molecule has 0 radical (unpaired) electrons. The van der Waals surface area contributed by atoms with Crippen LogP contribution in [0.15, 0.2) is 30.3 Å². The summed E-state index contributed by atoms with van der Waals surface area (Å²) in [5, 5.41) is 10.7. The minimum atomic E-state index is -1.10. The topological polar surface area (TPSA) is 86.5 Å². The molecule has 0 saturated carbocycles. The molecule has 20 heavy (non-hydrogen) atoms. The molecule has 6 nitrogen and oxygen atoms in total. The zero-order chi connectivity index (χ0) is 14.7. The van der Waals surface area contributed by atoms with Crippen LogP contribution in [-0.4, -0.2) is 23.4 Å². The van der Waals surface area contributed by atoms with E-state index in [0.717, 1.165) is 12.0 Å². The number of hydrogen-bond acceptors (Lipinski definition) is 5. The van der Waals surface area contributed by atoms with E-state index in [4.69, 9.17) is 0 Å². The second-order valence-electron chi connectivity index (χ2n) is 3.39. The Morgan fingerprint density at radius 3 is 2.35 bits per heavy atom. The minimum absolute atomic E-state index is 0. The third kappa shape index (κ3) is 8.53. The Morgan fingerprint density at radius 2 is 1.90 bits per heavy atom. The minimum Gasteiger partial charge on any atom is -0.584 e. The van der Waals surface area contributed by atoms with Gasteiger partial charge in [0.15, 0.2) is 12.4 Å². The van der Waals surface area contributed by atoms with Crippen LogP contribution in [0.4, 0.5) is 0 Å². The van der Waals surface area contributed by atoms with Crippen molar-refractivity contribution in [3.63, 3.8) is 0 Å². The molecule has 7 heteroatoms. The van der Waals surface area contributed by atoms with Crippen molar-refractivity contribution in [3.8, 4) is 0 Å². The largest absolute Gasteiger partial charge is 0.584 e. The maximum absolute atomic E-state index is 11.0. The molecule has 1 rings (SSSR count). The van der Waals surface area contributed by atoms with E-state index >= 15 is 0 Å². The third-order valence-electron chi connectivity index (χ3n) is 2.17. The molecule has 1 unspecified atom stereocenters. The van der Waals surface area contributed by atoms with E-state index in [-0.39, 0.29) is 27.5 Å². The summed E-state index contributed by atoms with van der Waals surface area (Å²) in [7, 11) is 0. The van der Waals surface area contributed by atoms with Crippen molar-refractivity contribution in [2.75, 3.05) is 0 Å². The number of rotatable bonds is 6. The standard InChI is InChI=1S/C11H10NO5.C2H6.W/c13-8-17-11(14)7-10(12(15)16)6-9-4-2-1-3-5-9;1-2;/h1-5,10H,6-7H2;1-2H3;/q-1;;. The summed E-state index contributed by atoms with van der Waals surface area (Å²) in [6, 6.07) is 7.66. The summed E-state index contributed by atoms with van der Waals surface area (Å²) < 4.78 is 3.91. The number of nitrogens with zero attached hydrogens (tertiary/aromatic N) is 1. The zero-order valence-electron chi connectivity index (χ0n) is 11.3. The van der Waals surface area contributed by atoms with E-state index in [1.807, 2.05) is 13.8 Å². The molecule has 0 saturated heterocycles. The van der Waals surface area contributed by atoms with Gasteiger partial charge < -0.3 is 14.3 Å². The van der Waals surface area contributed by atoms with Gasteiger partial charge in [-0.05, 0) is 5.56 Å². The van der Waals surface area contributed by atoms with Crippen molar-refractivity contribution >= 4 is 12.4 Å². The van der Waals surface area contributed by atoms with Gasteiger partial charge in [0, 0.05) is 38.8 Å². The van der Waals surface area contributed by atoms with Gasteiger partial charge >= 0.3 is 0 Å². The van der Waals surface area contributed by atoms with Crippen molar-refractivity contribution in [2.24, 2.45) is 0 Å². The Labute approximate surface area is 131 Å². The van der Waals surface area contributed by atoms with Crippen LogP contribution in [0.25, 0.3) is 0 Å². The first-order valence-corrected chi connectivity index (χ1v) is 5.87. The van der Waals surface area contributed by atoms with E-state index in [0.29, 0.717) is 0 Å². The van der Waals surface area contributed by atoms with Gasteiger partial charge in [0.05, 0.1) is 0 Å². The number of hydrogen-bond donors (Lipinski definition) is 0. The number of carbonyl (C=O) groups excluding carboxylic acids is 2. The van der Waals surface area contributed by atoms with Gasteiger partial charge in [0.2, 0.25) is 6.04 Å². The monoisotopic (exact) mass is 450 g/mol.